The normalized spacial score (nSPS) is 14.6. The zero-order chi connectivity index (χ0) is 17.4. The number of rotatable bonds is 5. The molecule has 3 rings (SSSR count). The maximum atomic E-state index is 12.5. The van der Waals surface area contributed by atoms with E-state index >= 15 is 0 Å². The molecule has 24 heavy (non-hydrogen) atoms. The summed E-state index contributed by atoms with van der Waals surface area (Å²) in [6.07, 6.45) is 2.41. The molecule has 1 aliphatic heterocycles. The molecule has 0 bridgehead atoms. The maximum absolute atomic E-state index is 12.5. The second-order valence-electron chi connectivity index (χ2n) is 5.05. The van der Waals surface area contributed by atoms with Crippen LogP contribution in [-0.4, -0.2) is 43.6 Å². The summed E-state index contributed by atoms with van der Waals surface area (Å²) in [5.41, 5.74) is -0.796. The third-order valence-electron chi connectivity index (χ3n) is 3.67. The molecule has 0 unspecified atom stereocenters. The number of H-pyrrole nitrogens is 1. The smallest absolute Gasteiger partial charge is 0.282 e. The van der Waals surface area contributed by atoms with E-state index in [4.69, 9.17) is 0 Å². The largest absolute Gasteiger partial charge is 0.548 e. The molecule has 10 nitrogen and oxygen atoms in total. The highest BCUT2D eigenvalue weighted by Crippen LogP contribution is 2.32. The quantitative estimate of drug-likeness (QED) is 0.432. The average Bonchev–Trinajstić information content (AvgIpc) is 3.13. The van der Waals surface area contributed by atoms with Gasteiger partial charge in [-0.25, -0.2) is 4.98 Å². The Morgan fingerprint density at radius 2 is 2.08 bits per heavy atom. The number of carboxylic acids is 1. The molecule has 0 saturated heterocycles. The van der Waals surface area contributed by atoms with Crippen molar-refractivity contribution in [1.82, 2.24) is 14.9 Å². The topological polar surface area (TPSA) is 149 Å². The van der Waals surface area contributed by atoms with Crippen LogP contribution in [0.5, 0.6) is 0 Å². The summed E-state index contributed by atoms with van der Waals surface area (Å²) in [4.78, 5) is 53.5. The van der Waals surface area contributed by atoms with Gasteiger partial charge < -0.3 is 14.9 Å². The van der Waals surface area contributed by atoms with Crippen LogP contribution in [0.2, 0.25) is 0 Å². The van der Waals surface area contributed by atoms with Crippen molar-refractivity contribution < 1.29 is 24.4 Å². The van der Waals surface area contributed by atoms with E-state index in [9.17, 15) is 29.6 Å². The van der Waals surface area contributed by atoms with Gasteiger partial charge in [-0.05, 0) is 6.07 Å². The highest BCUT2D eigenvalue weighted by molar-refractivity contribution is 6.24. The molecule has 2 heterocycles. The Hall–Kier alpha value is -3.56. The van der Waals surface area contributed by atoms with E-state index in [0.717, 1.165) is 6.07 Å². The van der Waals surface area contributed by atoms with Gasteiger partial charge in [-0.15, -0.1) is 0 Å². The molecule has 1 aromatic heterocycles. The first-order chi connectivity index (χ1) is 11.4. The van der Waals surface area contributed by atoms with E-state index in [1.165, 1.54) is 24.7 Å². The Kier molecular flexibility index (Phi) is 3.56. The van der Waals surface area contributed by atoms with Crippen molar-refractivity contribution in [2.24, 2.45) is 0 Å². The first-order valence-corrected chi connectivity index (χ1v) is 6.75. The van der Waals surface area contributed by atoms with Gasteiger partial charge >= 0.3 is 0 Å². The van der Waals surface area contributed by atoms with Gasteiger partial charge in [0.05, 0.1) is 28.8 Å². The van der Waals surface area contributed by atoms with Gasteiger partial charge in [0.2, 0.25) is 0 Å². The Bertz CT molecular complexity index is 860. The van der Waals surface area contributed by atoms with Gasteiger partial charge in [0.1, 0.15) is 5.56 Å². The second-order valence-corrected chi connectivity index (χ2v) is 5.05. The van der Waals surface area contributed by atoms with Crippen molar-refractivity contribution in [2.75, 3.05) is 0 Å². The molecule has 0 saturated carbocycles. The summed E-state index contributed by atoms with van der Waals surface area (Å²) in [6.45, 7) is 0. The third kappa shape index (κ3) is 2.29. The van der Waals surface area contributed by atoms with Crippen molar-refractivity contribution >= 4 is 23.5 Å². The molecule has 0 fully saturated rings. The Balaban J connectivity index is 2.04. The number of imidazole rings is 1. The standard InChI is InChI=1S/C14H10N4O6/c19-12-8-2-1-3-9(18(23)24)11(8)13(20)17(12)10(14(21)22)4-7-5-15-6-16-7/h1-3,5-6,10H,4H2,(H,15,16)(H,21,22)/p-1/t10-/m0/s1. The van der Waals surface area contributed by atoms with Gasteiger partial charge in [0.15, 0.2) is 0 Å². The van der Waals surface area contributed by atoms with Crippen LogP contribution in [0.4, 0.5) is 5.69 Å². The number of aromatic nitrogens is 2. The lowest BCUT2D eigenvalue weighted by atomic mass is 10.1. The molecule has 2 amide bonds. The fourth-order valence-corrected chi connectivity index (χ4v) is 2.61. The molecule has 2 aromatic rings. The number of hydrogen-bond donors (Lipinski definition) is 1. The van der Waals surface area contributed by atoms with Gasteiger partial charge in [-0.3, -0.25) is 24.6 Å². The van der Waals surface area contributed by atoms with E-state index in [2.05, 4.69) is 9.97 Å². The maximum Gasteiger partial charge on any atom is 0.282 e. The Labute approximate surface area is 133 Å². The number of nitrogens with zero attached hydrogens (tertiary/aromatic N) is 3. The van der Waals surface area contributed by atoms with Gasteiger partial charge in [-0.2, -0.15) is 0 Å². The van der Waals surface area contributed by atoms with Crippen LogP contribution in [0.15, 0.2) is 30.7 Å². The number of fused-ring (bicyclic) bond motifs is 1. The van der Waals surface area contributed by atoms with E-state index in [1.807, 2.05) is 0 Å². The number of amides is 2. The van der Waals surface area contributed by atoms with Crippen LogP contribution in [0.1, 0.15) is 26.4 Å². The van der Waals surface area contributed by atoms with Crippen LogP contribution in [0, 0.1) is 10.1 Å². The summed E-state index contributed by atoms with van der Waals surface area (Å²) < 4.78 is 0. The van der Waals surface area contributed by atoms with Crippen molar-refractivity contribution in [2.45, 2.75) is 12.5 Å². The van der Waals surface area contributed by atoms with Gasteiger partial charge in [0.25, 0.3) is 17.5 Å². The lowest BCUT2D eigenvalue weighted by Crippen LogP contribution is -2.51. The fourth-order valence-electron chi connectivity index (χ4n) is 2.61. The molecular formula is C14H9N4O6-. The molecule has 1 aromatic carbocycles. The number of nitro benzene ring substituents is 1. The molecular weight excluding hydrogens is 320 g/mol. The van der Waals surface area contributed by atoms with Crippen molar-refractivity contribution in [3.63, 3.8) is 0 Å². The summed E-state index contributed by atoms with van der Waals surface area (Å²) in [5.74, 6) is -3.59. The van der Waals surface area contributed by atoms with Gasteiger partial charge in [-0.1, -0.05) is 6.07 Å². The zero-order valence-electron chi connectivity index (χ0n) is 12.0. The minimum Gasteiger partial charge on any atom is -0.548 e. The number of benzene rings is 1. The number of aliphatic carboxylic acids is 1. The van der Waals surface area contributed by atoms with E-state index in [1.54, 1.807) is 0 Å². The Morgan fingerprint density at radius 3 is 2.67 bits per heavy atom. The zero-order valence-corrected chi connectivity index (χ0v) is 12.0. The third-order valence-corrected chi connectivity index (χ3v) is 3.67. The second kappa shape index (κ2) is 5.57. The summed E-state index contributed by atoms with van der Waals surface area (Å²) in [7, 11) is 0. The van der Waals surface area contributed by atoms with Crippen LogP contribution in [-0.2, 0) is 11.2 Å². The van der Waals surface area contributed by atoms with E-state index < -0.39 is 40.0 Å². The summed E-state index contributed by atoms with van der Waals surface area (Å²) >= 11 is 0. The summed E-state index contributed by atoms with van der Waals surface area (Å²) in [6, 6.07) is 1.97. The molecule has 1 atom stereocenters. The lowest BCUT2D eigenvalue weighted by molar-refractivity contribution is -0.385. The number of aromatic amines is 1. The number of nitrogens with one attached hydrogen (secondary N) is 1. The van der Waals surface area contributed by atoms with Crippen molar-refractivity contribution in [1.29, 1.82) is 0 Å². The van der Waals surface area contributed by atoms with Crippen LogP contribution in [0.25, 0.3) is 0 Å². The minimum atomic E-state index is -1.65. The predicted octanol–water partition coefficient (Wildman–Crippen LogP) is -0.725. The van der Waals surface area contributed by atoms with Crippen LogP contribution in [0.3, 0.4) is 0 Å². The average molecular weight is 329 g/mol. The molecule has 0 aliphatic carbocycles. The number of carbonyl (C=O) groups is 3. The molecule has 1 N–H and O–H groups in total. The SMILES string of the molecule is O=C([O-])[C@H](Cc1cnc[nH]1)N1C(=O)c2cccc([N+](=O)[O-])c2C1=O. The van der Waals surface area contributed by atoms with Crippen LogP contribution < -0.4 is 5.11 Å². The first-order valence-electron chi connectivity index (χ1n) is 6.75. The summed E-state index contributed by atoms with van der Waals surface area (Å²) in [5, 5.41) is 22.5. The van der Waals surface area contributed by atoms with E-state index in [0.29, 0.717) is 10.6 Å². The number of imide groups is 1. The number of hydrogen-bond acceptors (Lipinski definition) is 7. The number of nitro groups is 1. The Morgan fingerprint density at radius 1 is 1.33 bits per heavy atom. The molecule has 122 valence electrons. The first kappa shape index (κ1) is 15.3. The van der Waals surface area contributed by atoms with Gasteiger partial charge in [0, 0.05) is 24.4 Å². The molecule has 10 heteroatoms. The van der Waals surface area contributed by atoms with E-state index in [-0.39, 0.29) is 12.0 Å². The number of carboxylic acid groups (broad SMARTS) is 1. The van der Waals surface area contributed by atoms with Crippen molar-refractivity contribution in [3.8, 4) is 0 Å². The highest BCUT2D eigenvalue weighted by atomic mass is 16.6. The number of carbonyl (C=O) groups excluding carboxylic acids is 3. The van der Waals surface area contributed by atoms with Crippen molar-refractivity contribution in [3.05, 3.63) is 57.7 Å². The molecule has 1 aliphatic rings. The fraction of sp³-hybridized carbons (Fsp3) is 0.143. The predicted molar refractivity (Wildman–Crippen MR) is 74.7 cm³/mol. The lowest BCUT2D eigenvalue weighted by Gasteiger charge is -2.26. The molecule has 0 spiro atoms. The molecule has 0 radical (unpaired) electrons. The monoisotopic (exact) mass is 329 g/mol. The minimum absolute atomic E-state index is 0.204. The highest BCUT2D eigenvalue weighted by Gasteiger charge is 2.44. The van der Waals surface area contributed by atoms with Crippen LogP contribution >= 0.6 is 0 Å².